The van der Waals surface area contributed by atoms with Gasteiger partial charge in [-0.25, -0.2) is 13.6 Å². The Morgan fingerprint density at radius 3 is 2.71 bits per heavy atom. The van der Waals surface area contributed by atoms with Gasteiger partial charge in [0.05, 0.1) is 21.7 Å². The van der Waals surface area contributed by atoms with E-state index in [4.69, 9.17) is 33.1 Å². The monoisotopic (exact) mass is 352 g/mol. The van der Waals surface area contributed by atoms with Crippen LogP contribution in [-0.2, 0) is 14.8 Å². The van der Waals surface area contributed by atoms with Gasteiger partial charge in [-0.15, -0.1) is 0 Å². The third kappa shape index (κ3) is 3.87. The lowest BCUT2D eigenvalue weighted by Crippen LogP contribution is -2.32. The van der Waals surface area contributed by atoms with Gasteiger partial charge in [0.1, 0.15) is 4.90 Å². The molecular weight excluding hydrogens is 339 g/mol. The first-order chi connectivity index (χ1) is 9.80. The molecule has 1 amide bonds. The van der Waals surface area contributed by atoms with E-state index in [-0.39, 0.29) is 26.6 Å². The van der Waals surface area contributed by atoms with Gasteiger partial charge < -0.3 is 10.1 Å². The van der Waals surface area contributed by atoms with E-state index in [9.17, 15) is 13.2 Å². The van der Waals surface area contributed by atoms with Crippen molar-refractivity contribution in [3.63, 3.8) is 0 Å². The number of halogens is 2. The van der Waals surface area contributed by atoms with E-state index in [1.165, 1.54) is 6.07 Å². The minimum Gasteiger partial charge on any atom is -0.376 e. The van der Waals surface area contributed by atoms with Crippen molar-refractivity contribution in [1.82, 2.24) is 5.32 Å². The quantitative estimate of drug-likeness (QED) is 0.858. The minimum absolute atomic E-state index is 0.0482. The second-order valence-electron chi connectivity index (χ2n) is 4.62. The first-order valence-electron chi connectivity index (χ1n) is 6.21. The Bertz CT molecular complexity index is 657. The lowest BCUT2D eigenvalue weighted by atomic mass is 10.2. The zero-order valence-electron chi connectivity index (χ0n) is 10.9. The highest BCUT2D eigenvalue weighted by Gasteiger charge is 2.24. The van der Waals surface area contributed by atoms with Gasteiger partial charge in [0.25, 0.3) is 5.91 Å². The number of hydrogen-bond donors (Lipinski definition) is 2. The third-order valence-electron chi connectivity index (χ3n) is 3.10. The van der Waals surface area contributed by atoms with Crippen molar-refractivity contribution in [2.24, 2.45) is 5.14 Å². The highest BCUT2D eigenvalue weighted by molar-refractivity contribution is 7.89. The number of benzene rings is 1. The summed E-state index contributed by atoms with van der Waals surface area (Å²) in [5.41, 5.74) is -0.108. The number of rotatable bonds is 4. The maximum absolute atomic E-state index is 12.2. The lowest BCUT2D eigenvalue weighted by molar-refractivity contribution is 0.0858. The van der Waals surface area contributed by atoms with Crippen LogP contribution in [0.5, 0.6) is 0 Å². The Labute approximate surface area is 132 Å². The molecule has 0 aromatic heterocycles. The van der Waals surface area contributed by atoms with Gasteiger partial charge in [-0.3, -0.25) is 4.79 Å². The molecular formula is C12H14Cl2N2O4S. The Morgan fingerprint density at radius 1 is 1.43 bits per heavy atom. The van der Waals surface area contributed by atoms with Crippen LogP contribution in [0.4, 0.5) is 0 Å². The molecule has 1 aromatic rings. The van der Waals surface area contributed by atoms with E-state index >= 15 is 0 Å². The van der Waals surface area contributed by atoms with E-state index in [1.54, 1.807) is 0 Å². The highest BCUT2D eigenvalue weighted by Crippen LogP contribution is 2.30. The van der Waals surface area contributed by atoms with Crippen molar-refractivity contribution in [1.29, 1.82) is 0 Å². The average molecular weight is 353 g/mol. The summed E-state index contributed by atoms with van der Waals surface area (Å²) >= 11 is 11.9. The normalized spacial score (nSPS) is 18.7. The van der Waals surface area contributed by atoms with Crippen molar-refractivity contribution in [3.8, 4) is 0 Å². The predicted octanol–water partition coefficient (Wildman–Crippen LogP) is 1.55. The molecule has 116 valence electrons. The van der Waals surface area contributed by atoms with Crippen LogP contribution in [0.1, 0.15) is 23.2 Å². The predicted molar refractivity (Wildman–Crippen MR) is 79.1 cm³/mol. The molecule has 1 unspecified atom stereocenters. The Kier molecular flexibility index (Phi) is 5.11. The van der Waals surface area contributed by atoms with Gasteiger partial charge in [-0.1, -0.05) is 23.2 Å². The fourth-order valence-corrected chi connectivity index (χ4v) is 3.54. The second kappa shape index (κ2) is 6.50. The smallest absolute Gasteiger partial charge is 0.254 e. The van der Waals surface area contributed by atoms with Gasteiger partial charge in [-0.2, -0.15) is 0 Å². The van der Waals surface area contributed by atoms with Crippen molar-refractivity contribution in [3.05, 3.63) is 27.7 Å². The number of hydrogen-bond acceptors (Lipinski definition) is 4. The summed E-state index contributed by atoms with van der Waals surface area (Å²) in [6.07, 6.45) is 1.76. The molecule has 1 atom stereocenters. The number of sulfonamides is 1. The SMILES string of the molecule is NS(=O)(=O)c1ccc(Cl)c(C(=O)NCC2CCCO2)c1Cl. The highest BCUT2D eigenvalue weighted by atomic mass is 35.5. The maximum Gasteiger partial charge on any atom is 0.254 e. The second-order valence-corrected chi connectivity index (χ2v) is 6.94. The molecule has 1 heterocycles. The molecule has 3 N–H and O–H groups in total. The van der Waals surface area contributed by atoms with Crippen molar-refractivity contribution < 1.29 is 17.9 Å². The van der Waals surface area contributed by atoms with E-state index in [1.807, 2.05) is 0 Å². The van der Waals surface area contributed by atoms with Crippen LogP contribution in [0, 0.1) is 0 Å². The average Bonchev–Trinajstić information content (AvgIpc) is 2.87. The van der Waals surface area contributed by atoms with Crippen LogP contribution < -0.4 is 10.5 Å². The molecule has 1 aliphatic heterocycles. The van der Waals surface area contributed by atoms with Gasteiger partial charge in [0.2, 0.25) is 10.0 Å². The number of nitrogens with one attached hydrogen (secondary N) is 1. The molecule has 1 fully saturated rings. The van der Waals surface area contributed by atoms with Crippen LogP contribution in [-0.4, -0.2) is 33.6 Å². The largest absolute Gasteiger partial charge is 0.376 e. The minimum atomic E-state index is -4.03. The molecule has 0 saturated carbocycles. The Hall–Kier alpha value is -0.860. The van der Waals surface area contributed by atoms with E-state index < -0.39 is 15.9 Å². The summed E-state index contributed by atoms with van der Waals surface area (Å²) in [5, 5.41) is 7.45. The van der Waals surface area contributed by atoms with E-state index in [0.29, 0.717) is 13.2 Å². The van der Waals surface area contributed by atoms with E-state index in [2.05, 4.69) is 5.32 Å². The van der Waals surface area contributed by atoms with Gasteiger partial charge >= 0.3 is 0 Å². The van der Waals surface area contributed by atoms with E-state index in [0.717, 1.165) is 18.9 Å². The van der Waals surface area contributed by atoms with Crippen LogP contribution in [0.3, 0.4) is 0 Å². The maximum atomic E-state index is 12.2. The Morgan fingerprint density at radius 2 is 2.14 bits per heavy atom. The number of carbonyl (C=O) groups is 1. The fourth-order valence-electron chi connectivity index (χ4n) is 2.06. The number of carbonyl (C=O) groups excluding carboxylic acids is 1. The summed E-state index contributed by atoms with van der Waals surface area (Å²) in [7, 11) is -4.03. The molecule has 9 heteroatoms. The number of ether oxygens (including phenoxy) is 1. The van der Waals surface area contributed by atoms with Crippen molar-refractivity contribution in [2.75, 3.05) is 13.2 Å². The van der Waals surface area contributed by atoms with Gasteiger partial charge in [-0.05, 0) is 25.0 Å². The Balaban J connectivity index is 2.23. The number of amides is 1. The van der Waals surface area contributed by atoms with Crippen LogP contribution in [0.25, 0.3) is 0 Å². The van der Waals surface area contributed by atoms with Crippen molar-refractivity contribution in [2.45, 2.75) is 23.8 Å². The summed E-state index contributed by atoms with van der Waals surface area (Å²) < 4.78 is 28.2. The fraction of sp³-hybridized carbons (Fsp3) is 0.417. The van der Waals surface area contributed by atoms with Crippen LogP contribution in [0.15, 0.2) is 17.0 Å². The molecule has 1 aliphatic rings. The summed E-state index contributed by atoms with van der Waals surface area (Å²) in [6.45, 7) is 0.980. The molecule has 1 aromatic carbocycles. The molecule has 0 bridgehead atoms. The topological polar surface area (TPSA) is 98.5 Å². The molecule has 21 heavy (non-hydrogen) atoms. The van der Waals surface area contributed by atoms with Gasteiger partial charge in [0.15, 0.2) is 0 Å². The lowest BCUT2D eigenvalue weighted by Gasteiger charge is -2.13. The van der Waals surface area contributed by atoms with Gasteiger partial charge in [0, 0.05) is 13.2 Å². The number of nitrogens with two attached hydrogens (primary N) is 1. The summed E-state index contributed by atoms with van der Waals surface area (Å²) in [5.74, 6) is -0.564. The van der Waals surface area contributed by atoms with Crippen LogP contribution >= 0.6 is 23.2 Å². The first-order valence-corrected chi connectivity index (χ1v) is 8.51. The number of primary sulfonamides is 1. The standard InChI is InChI=1S/C12H14Cl2N2O4S/c13-8-3-4-9(21(15,18)19)11(14)10(8)12(17)16-6-7-2-1-5-20-7/h3-4,7H,1-2,5-6H2,(H,16,17)(H2,15,18,19). The summed E-state index contributed by atoms with van der Waals surface area (Å²) in [6, 6.07) is 2.44. The van der Waals surface area contributed by atoms with Crippen LogP contribution in [0.2, 0.25) is 10.0 Å². The molecule has 0 radical (unpaired) electrons. The summed E-state index contributed by atoms with van der Waals surface area (Å²) in [4.78, 5) is 11.8. The van der Waals surface area contributed by atoms with Crippen molar-refractivity contribution >= 4 is 39.1 Å². The molecule has 0 spiro atoms. The molecule has 2 rings (SSSR count). The molecule has 6 nitrogen and oxygen atoms in total. The molecule has 1 saturated heterocycles. The zero-order valence-corrected chi connectivity index (χ0v) is 13.3. The first kappa shape index (κ1) is 16.5. The molecule has 0 aliphatic carbocycles. The third-order valence-corrected chi connectivity index (χ3v) is 4.88. The zero-order chi connectivity index (χ0) is 15.6.